The predicted octanol–water partition coefficient (Wildman–Crippen LogP) is 5.55. The molecule has 2 aliphatic rings. The molecule has 0 radical (unpaired) electrons. The van der Waals surface area contributed by atoms with Crippen molar-refractivity contribution in [1.82, 2.24) is 5.32 Å². The van der Waals surface area contributed by atoms with E-state index in [-0.39, 0.29) is 35.8 Å². The van der Waals surface area contributed by atoms with Crippen LogP contribution in [0.3, 0.4) is 0 Å². The molecule has 2 unspecified atom stereocenters. The monoisotopic (exact) mass is 587 g/mol. The molecule has 2 aromatic rings. The summed E-state index contributed by atoms with van der Waals surface area (Å²) in [5, 5.41) is 3.32. The number of dihydropyridines is 1. The van der Waals surface area contributed by atoms with Crippen LogP contribution in [0.25, 0.3) is 0 Å². The normalized spacial score (nSPS) is 19.2. The number of ether oxygens (including phenoxy) is 4. The quantitative estimate of drug-likeness (QED) is 0.304. The van der Waals surface area contributed by atoms with Crippen molar-refractivity contribution >= 4 is 27.7 Å². The van der Waals surface area contributed by atoms with Gasteiger partial charge in [-0.1, -0.05) is 12.1 Å². The minimum absolute atomic E-state index is 0.0869. The molecule has 0 saturated carbocycles. The van der Waals surface area contributed by atoms with Gasteiger partial charge in [-0.05, 0) is 77.5 Å². The van der Waals surface area contributed by atoms with Gasteiger partial charge in [-0.25, -0.2) is 9.18 Å². The van der Waals surface area contributed by atoms with Crippen LogP contribution in [0.5, 0.6) is 11.5 Å². The van der Waals surface area contributed by atoms with Crippen LogP contribution in [0.2, 0.25) is 0 Å². The minimum atomic E-state index is -0.693. The Balaban J connectivity index is 1.73. The van der Waals surface area contributed by atoms with E-state index in [1.165, 1.54) is 6.07 Å². The Morgan fingerprint density at radius 1 is 1.05 bits per heavy atom. The predicted molar refractivity (Wildman–Crippen MR) is 144 cm³/mol. The topological polar surface area (TPSA) is 83.1 Å². The molecule has 4 rings (SSSR count). The Labute approximate surface area is 230 Å². The fourth-order valence-electron chi connectivity index (χ4n) is 5.09. The van der Waals surface area contributed by atoms with Crippen molar-refractivity contribution in [2.45, 2.75) is 38.5 Å². The van der Waals surface area contributed by atoms with Crippen LogP contribution in [0.4, 0.5) is 4.39 Å². The molecular formula is C29H31BrFNO6. The molecule has 202 valence electrons. The first kappa shape index (κ1) is 27.9. The van der Waals surface area contributed by atoms with Crippen LogP contribution in [0.1, 0.15) is 49.7 Å². The Hall–Kier alpha value is -3.17. The molecule has 0 saturated heterocycles. The molecule has 1 N–H and O–H groups in total. The molecular weight excluding hydrogens is 557 g/mol. The van der Waals surface area contributed by atoms with E-state index in [0.29, 0.717) is 46.9 Å². The molecule has 1 heterocycles. The van der Waals surface area contributed by atoms with E-state index in [9.17, 15) is 14.0 Å². The second-order valence-electron chi connectivity index (χ2n) is 9.14. The Bertz CT molecular complexity index is 1300. The van der Waals surface area contributed by atoms with Gasteiger partial charge >= 0.3 is 5.97 Å². The number of halogens is 2. The van der Waals surface area contributed by atoms with E-state index in [1.54, 1.807) is 33.3 Å². The number of hydrogen-bond donors (Lipinski definition) is 1. The zero-order chi connectivity index (χ0) is 27.4. The van der Waals surface area contributed by atoms with Crippen LogP contribution >= 0.6 is 15.9 Å². The van der Waals surface area contributed by atoms with Crippen LogP contribution in [0.15, 0.2) is 63.4 Å². The van der Waals surface area contributed by atoms with E-state index in [2.05, 4.69) is 21.2 Å². The van der Waals surface area contributed by atoms with Gasteiger partial charge in [-0.2, -0.15) is 0 Å². The highest BCUT2D eigenvalue weighted by molar-refractivity contribution is 9.10. The summed E-state index contributed by atoms with van der Waals surface area (Å²) >= 11 is 3.25. The van der Waals surface area contributed by atoms with Crippen molar-refractivity contribution in [2.24, 2.45) is 0 Å². The zero-order valence-electron chi connectivity index (χ0n) is 21.9. The molecule has 1 aliphatic carbocycles. The van der Waals surface area contributed by atoms with E-state index < -0.39 is 17.7 Å². The lowest BCUT2D eigenvalue weighted by molar-refractivity contribution is -0.140. The van der Waals surface area contributed by atoms with Gasteiger partial charge in [-0.3, -0.25) is 4.79 Å². The van der Waals surface area contributed by atoms with E-state index in [1.807, 2.05) is 25.1 Å². The van der Waals surface area contributed by atoms with Crippen molar-refractivity contribution in [1.29, 1.82) is 0 Å². The number of carbonyl (C=O) groups excluding carboxylic acids is 2. The third kappa shape index (κ3) is 5.63. The maximum atomic E-state index is 14.1. The molecule has 2 aromatic carbocycles. The highest BCUT2D eigenvalue weighted by Gasteiger charge is 2.41. The first-order chi connectivity index (χ1) is 18.3. The third-order valence-corrected chi connectivity index (χ3v) is 7.48. The smallest absolute Gasteiger partial charge is 0.336 e. The fourth-order valence-corrected chi connectivity index (χ4v) is 5.49. The van der Waals surface area contributed by atoms with Crippen LogP contribution in [0, 0.1) is 5.82 Å². The number of methoxy groups -OCH3 is 2. The molecule has 38 heavy (non-hydrogen) atoms. The summed E-state index contributed by atoms with van der Waals surface area (Å²) < 4.78 is 36.0. The number of benzene rings is 2. The highest BCUT2D eigenvalue weighted by Crippen LogP contribution is 2.47. The number of nitrogens with one attached hydrogen (secondary N) is 1. The largest absolute Gasteiger partial charge is 0.493 e. The van der Waals surface area contributed by atoms with Crippen LogP contribution < -0.4 is 14.8 Å². The second kappa shape index (κ2) is 12.1. The molecule has 9 heteroatoms. The van der Waals surface area contributed by atoms with Gasteiger partial charge in [0.25, 0.3) is 0 Å². The number of rotatable bonds is 9. The highest BCUT2D eigenvalue weighted by atomic mass is 79.9. The van der Waals surface area contributed by atoms with Crippen molar-refractivity contribution in [3.05, 3.63) is 80.4 Å². The van der Waals surface area contributed by atoms with E-state index >= 15 is 0 Å². The average molecular weight is 588 g/mol. The standard InChI is InChI=1S/C29H31BrFNO6/c1-5-37-10-11-38-29(34)26-16(2)32-22-13-19(17-7-9-24(35-3)25(15-17)36-4)14-23(33)28(22)27(26)18-6-8-21(31)20(30)12-18/h6-9,12,15,19,27,32H,5,10-11,13-14H2,1-4H3. The Morgan fingerprint density at radius 3 is 2.47 bits per heavy atom. The maximum absolute atomic E-state index is 14.1. The molecule has 0 fully saturated rings. The van der Waals surface area contributed by atoms with E-state index in [4.69, 9.17) is 18.9 Å². The van der Waals surface area contributed by atoms with Crippen molar-refractivity contribution in [3.63, 3.8) is 0 Å². The second-order valence-corrected chi connectivity index (χ2v) is 9.99. The van der Waals surface area contributed by atoms with Gasteiger partial charge in [0.15, 0.2) is 17.3 Å². The SMILES string of the molecule is CCOCCOC(=O)C1=C(C)NC2=C(C(=O)CC(c3ccc(OC)c(OC)c3)C2)C1c1ccc(F)c(Br)c1. The number of esters is 1. The van der Waals surface area contributed by atoms with Crippen LogP contribution in [-0.4, -0.2) is 45.8 Å². The van der Waals surface area contributed by atoms with Gasteiger partial charge in [0.05, 0.1) is 30.9 Å². The van der Waals surface area contributed by atoms with Gasteiger partial charge < -0.3 is 24.3 Å². The average Bonchev–Trinajstić information content (AvgIpc) is 2.91. The Kier molecular flexibility index (Phi) is 8.89. The number of carbonyl (C=O) groups is 2. The fraction of sp³-hybridized carbons (Fsp3) is 0.379. The molecule has 0 spiro atoms. The van der Waals surface area contributed by atoms with Gasteiger partial charge in [0, 0.05) is 35.9 Å². The molecule has 1 aliphatic heterocycles. The third-order valence-electron chi connectivity index (χ3n) is 6.87. The minimum Gasteiger partial charge on any atom is -0.493 e. The van der Waals surface area contributed by atoms with Crippen molar-refractivity contribution in [3.8, 4) is 11.5 Å². The van der Waals surface area contributed by atoms with Gasteiger partial charge in [0.2, 0.25) is 0 Å². The van der Waals surface area contributed by atoms with Crippen molar-refractivity contribution < 1.29 is 32.9 Å². The lowest BCUT2D eigenvalue weighted by Gasteiger charge is -2.37. The maximum Gasteiger partial charge on any atom is 0.336 e. The van der Waals surface area contributed by atoms with Crippen LogP contribution in [-0.2, 0) is 19.1 Å². The van der Waals surface area contributed by atoms with E-state index in [0.717, 1.165) is 11.3 Å². The van der Waals surface area contributed by atoms with Gasteiger partial charge in [0.1, 0.15) is 12.4 Å². The molecule has 0 bridgehead atoms. The summed E-state index contributed by atoms with van der Waals surface area (Å²) in [6.45, 7) is 4.52. The number of hydrogen-bond acceptors (Lipinski definition) is 7. The summed E-state index contributed by atoms with van der Waals surface area (Å²) in [5.41, 5.74) is 3.75. The summed E-state index contributed by atoms with van der Waals surface area (Å²) in [7, 11) is 3.15. The number of ketones is 1. The molecule has 0 amide bonds. The molecule has 7 nitrogen and oxygen atoms in total. The van der Waals surface area contributed by atoms with Gasteiger partial charge in [-0.15, -0.1) is 0 Å². The summed E-state index contributed by atoms with van der Waals surface area (Å²) in [6, 6.07) is 10.2. The first-order valence-corrected chi connectivity index (χ1v) is 13.2. The molecule has 0 aromatic heterocycles. The lowest BCUT2D eigenvalue weighted by Crippen LogP contribution is -2.36. The number of Topliss-reactive ketones (excluding diaryl/α,β-unsaturated/α-hetero) is 1. The zero-order valence-corrected chi connectivity index (χ0v) is 23.4. The lowest BCUT2D eigenvalue weighted by atomic mass is 9.71. The summed E-state index contributed by atoms with van der Waals surface area (Å²) in [5.74, 6) is -0.638. The van der Waals surface area contributed by atoms with Crippen molar-refractivity contribution in [2.75, 3.05) is 34.0 Å². The number of allylic oxidation sites excluding steroid dienone is 3. The molecule has 2 atom stereocenters. The Morgan fingerprint density at radius 2 is 1.79 bits per heavy atom. The summed E-state index contributed by atoms with van der Waals surface area (Å²) in [6.07, 6.45) is 0.806. The first-order valence-electron chi connectivity index (χ1n) is 12.4. The summed E-state index contributed by atoms with van der Waals surface area (Å²) in [4.78, 5) is 27.0.